The molecule has 0 aliphatic heterocycles. The third-order valence-corrected chi connectivity index (χ3v) is 2.40. The third kappa shape index (κ3) is 2.93. The van der Waals surface area contributed by atoms with Gasteiger partial charge in [-0.1, -0.05) is 26.0 Å². The van der Waals surface area contributed by atoms with Crippen LogP contribution in [-0.4, -0.2) is 9.97 Å². The van der Waals surface area contributed by atoms with E-state index < -0.39 is 0 Å². The Morgan fingerprint density at radius 1 is 1.29 bits per heavy atom. The third-order valence-electron chi connectivity index (χ3n) is 2.40. The second-order valence-electron chi connectivity index (χ2n) is 4.08. The average Bonchev–Trinajstić information content (AvgIpc) is 2.29. The minimum atomic E-state index is -0.227. The molecule has 0 spiro atoms. The summed E-state index contributed by atoms with van der Waals surface area (Å²) in [6.07, 6.45) is 1.32. The molecule has 0 saturated heterocycles. The first-order valence-electron chi connectivity index (χ1n) is 5.47. The first kappa shape index (κ1) is 11.4. The zero-order chi connectivity index (χ0) is 12.3. The van der Waals surface area contributed by atoms with Gasteiger partial charge >= 0.3 is 0 Å². The zero-order valence-corrected chi connectivity index (χ0v) is 9.81. The second kappa shape index (κ2) is 4.82. The van der Waals surface area contributed by atoms with Gasteiger partial charge in [-0.25, -0.2) is 4.98 Å². The molecule has 0 radical (unpaired) electrons. The van der Waals surface area contributed by atoms with Gasteiger partial charge in [0.05, 0.1) is 12.4 Å². The van der Waals surface area contributed by atoms with E-state index in [2.05, 4.69) is 23.8 Å². The molecule has 0 aliphatic rings. The Morgan fingerprint density at radius 3 is 2.82 bits per heavy atom. The Bertz CT molecular complexity index is 561. The summed E-state index contributed by atoms with van der Waals surface area (Å²) in [5, 5.41) is 0. The number of hydrogen-bond acceptors (Lipinski definition) is 3. The quantitative estimate of drug-likeness (QED) is 0.881. The molecule has 0 aliphatic carbocycles. The molecule has 0 fully saturated rings. The number of benzene rings is 1. The number of ether oxygens (including phenoxy) is 1. The van der Waals surface area contributed by atoms with Crippen LogP contribution >= 0.6 is 0 Å². The Kier molecular flexibility index (Phi) is 3.23. The maximum Gasteiger partial charge on any atom is 0.254 e. The maximum atomic E-state index is 11.1. The van der Waals surface area contributed by atoms with Gasteiger partial charge in [0.15, 0.2) is 0 Å². The van der Waals surface area contributed by atoms with Crippen LogP contribution in [0, 0.1) is 0 Å². The van der Waals surface area contributed by atoms with Crippen LogP contribution in [0.1, 0.15) is 25.3 Å². The number of nitrogens with zero attached hydrogens (tertiary/aromatic N) is 1. The lowest BCUT2D eigenvalue weighted by Crippen LogP contribution is -2.04. The molecule has 0 bridgehead atoms. The molecule has 1 N–H and O–H groups in total. The van der Waals surface area contributed by atoms with Crippen LogP contribution in [-0.2, 0) is 0 Å². The molecule has 0 amide bonds. The molecule has 0 saturated carbocycles. The van der Waals surface area contributed by atoms with Crippen LogP contribution in [0.2, 0.25) is 0 Å². The fourth-order valence-electron chi connectivity index (χ4n) is 1.46. The number of hydrogen-bond donors (Lipinski definition) is 1. The summed E-state index contributed by atoms with van der Waals surface area (Å²) in [7, 11) is 0. The van der Waals surface area contributed by atoms with Crippen molar-refractivity contribution in [1.82, 2.24) is 9.97 Å². The van der Waals surface area contributed by atoms with E-state index in [1.807, 2.05) is 24.3 Å². The highest BCUT2D eigenvalue weighted by atomic mass is 16.5. The summed E-state index contributed by atoms with van der Waals surface area (Å²) in [6, 6.07) is 9.09. The number of aromatic amines is 1. The first-order chi connectivity index (χ1) is 8.15. The molecular weight excluding hydrogens is 216 g/mol. The topological polar surface area (TPSA) is 55.0 Å². The van der Waals surface area contributed by atoms with Crippen LogP contribution in [0.25, 0.3) is 0 Å². The SMILES string of the molecule is CC(C)c1cccc(Oc2cc(=O)[nH]cn2)c1. The highest BCUT2D eigenvalue weighted by Crippen LogP contribution is 2.23. The standard InChI is InChI=1S/C13H14N2O2/c1-9(2)10-4-3-5-11(6-10)17-13-7-12(16)14-8-15-13/h3-9H,1-2H3,(H,14,15,16). The lowest BCUT2D eigenvalue weighted by Gasteiger charge is -2.08. The lowest BCUT2D eigenvalue weighted by atomic mass is 10.0. The summed E-state index contributed by atoms with van der Waals surface area (Å²) in [6.45, 7) is 4.23. The lowest BCUT2D eigenvalue weighted by molar-refractivity contribution is 0.459. The Hall–Kier alpha value is -2.10. The zero-order valence-electron chi connectivity index (χ0n) is 9.81. The summed E-state index contributed by atoms with van der Waals surface area (Å²) in [5.74, 6) is 1.43. The molecule has 0 atom stereocenters. The van der Waals surface area contributed by atoms with Crippen molar-refractivity contribution in [2.75, 3.05) is 0 Å². The molecule has 2 aromatic rings. The van der Waals surface area contributed by atoms with Crippen molar-refractivity contribution < 1.29 is 4.74 Å². The molecule has 2 rings (SSSR count). The normalized spacial score (nSPS) is 10.5. The van der Waals surface area contributed by atoms with Crippen LogP contribution < -0.4 is 10.3 Å². The molecular formula is C13H14N2O2. The minimum absolute atomic E-state index is 0.227. The van der Waals surface area contributed by atoms with E-state index in [-0.39, 0.29) is 5.56 Å². The predicted molar refractivity (Wildman–Crippen MR) is 65.5 cm³/mol. The van der Waals surface area contributed by atoms with E-state index in [0.29, 0.717) is 17.5 Å². The van der Waals surface area contributed by atoms with Crippen LogP contribution in [0.5, 0.6) is 11.6 Å². The number of H-pyrrole nitrogens is 1. The second-order valence-corrected chi connectivity index (χ2v) is 4.08. The molecule has 1 aromatic heterocycles. The minimum Gasteiger partial charge on any atom is -0.439 e. The fraction of sp³-hybridized carbons (Fsp3) is 0.231. The van der Waals surface area contributed by atoms with Gasteiger partial charge in [0.2, 0.25) is 5.88 Å². The molecule has 17 heavy (non-hydrogen) atoms. The van der Waals surface area contributed by atoms with E-state index in [0.717, 1.165) is 0 Å². The van der Waals surface area contributed by atoms with Gasteiger partial charge in [0, 0.05) is 0 Å². The van der Waals surface area contributed by atoms with E-state index in [1.54, 1.807) is 0 Å². The first-order valence-corrected chi connectivity index (χ1v) is 5.47. The van der Waals surface area contributed by atoms with Crippen molar-refractivity contribution in [2.45, 2.75) is 19.8 Å². The predicted octanol–water partition coefficient (Wildman–Crippen LogP) is 2.69. The maximum absolute atomic E-state index is 11.1. The van der Waals surface area contributed by atoms with Gasteiger partial charge in [-0.05, 0) is 23.6 Å². The van der Waals surface area contributed by atoms with E-state index in [1.165, 1.54) is 18.0 Å². The van der Waals surface area contributed by atoms with Crippen LogP contribution in [0.3, 0.4) is 0 Å². The van der Waals surface area contributed by atoms with Gasteiger partial charge in [0.1, 0.15) is 5.75 Å². The molecule has 0 unspecified atom stereocenters. The summed E-state index contributed by atoms with van der Waals surface area (Å²) in [4.78, 5) is 17.5. The largest absolute Gasteiger partial charge is 0.439 e. The summed E-state index contributed by atoms with van der Waals surface area (Å²) >= 11 is 0. The van der Waals surface area contributed by atoms with E-state index in [4.69, 9.17) is 4.74 Å². The molecule has 88 valence electrons. The van der Waals surface area contributed by atoms with Gasteiger partial charge in [-0.15, -0.1) is 0 Å². The van der Waals surface area contributed by atoms with Crippen LogP contribution in [0.4, 0.5) is 0 Å². The van der Waals surface area contributed by atoms with Gasteiger partial charge in [-0.3, -0.25) is 4.79 Å². The van der Waals surface area contributed by atoms with Crippen molar-refractivity contribution in [3.05, 3.63) is 52.6 Å². The van der Waals surface area contributed by atoms with Crippen molar-refractivity contribution in [3.63, 3.8) is 0 Å². The number of rotatable bonds is 3. The summed E-state index contributed by atoms with van der Waals surface area (Å²) in [5.41, 5.74) is 0.961. The Morgan fingerprint density at radius 2 is 2.12 bits per heavy atom. The molecule has 1 heterocycles. The van der Waals surface area contributed by atoms with Gasteiger partial charge in [-0.2, -0.15) is 0 Å². The van der Waals surface area contributed by atoms with E-state index >= 15 is 0 Å². The van der Waals surface area contributed by atoms with Crippen LogP contribution in [0.15, 0.2) is 41.5 Å². The summed E-state index contributed by atoms with van der Waals surface area (Å²) < 4.78 is 5.52. The van der Waals surface area contributed by atoms with Crippen molar-refractivity contribution in [1.29, 1.82) is 0 Å². The number of nitrogens with one attached hydrogen (secondary N) is 1. The molecule has 1 aromatic carbocycles. The number of aromatic nitrogens is 2. The van der Waals surface area contributed by atoms with Gasteiger partial charge < -0.3 is 9.72 Å². The fourth-order valence-corrected chi connectivity index (χ4v) is 1.46. The highest BCUT2D eigenvalue weighted by molar-refractivity contribution is 5.32. The monoisotopic (exact) mass is 230 g/mol. The average molecular weight is 230 g/mol. The van der Waals surface area contributed by atoms with Gasteiger partial charge in [0.25, 0.3) is 5.56 Å². The Balaban J connectivity index is 2.24. The van der Waals surface area contributed by atoms with Crippen molar-refractivity contribution in [2.24, 2.45) is 0 Å². The molecule has 4 nitrogen and oxygen atoms in total. The van der Waals surface area contributed by atoms with Crippen molar-refractivity contribution in [3.8, 4) is 11.6 Å². The smallest absolute Gasteiger partial charge is 0.254 e. The Labute approximate surface area is 99.3 Å². The van der Waals surface area contributed by atoms with Crippen molar-refractivity contribution >= 4 is 0 Å². The highest BCUT2D eigenvalue weighted by Gasteiger charge is 2.03. The molecule has 4 heteroatoms. The van der Waals surface area contributed by atoms with E-state index in [9.17, 15) is 4.79 Å².